The Morgan fingerprint density at radius 2 is 2.15 bits per heavy atom. The van der Waals surface area contributed by atoms with E-state index in [2.05, 4.69) is 24.2 Å². The number of nitrogens with two attached hydrogens (primary N) is 1. The highest BCUT2D eigenvalue weighted by atomic mass is 16.4. The SMILES string of the molecule is CCC(CC)N(CCO)Cc1cc(C(=O)NN)oc1C. The van der Waals surface area contributed by atoms with Crippen LogP contribution in [-0.4, -0.2) is 35.1 Å². The first-order valence-corrected chi connectivity index (χ1v) is 7.02. The number of carbonyl (C=O) groups is 1. The molecule has 0 aliphatic heterocycles. The molecule has 0 spiro atoms. The minimum atomic E-state index is -0.435. The van der Waals surface area contributed by atoms with Gasteiger partial charge in [0.05, 0.1) is 6.61 Å². The first-order valence-electron chi connectivity index (χ1n) is 7.02. The molecule has 0 aliphatic rings. The number of aryl methyl sites for hydroxylation is 1. The topological polar surface area (TPSA) is 91.7 Å². The molecule has 6 heteroatoms. The summed E-state index contributed by atoms with van der Waals surface area (Å²) < 4.78 is 5.41. The fraction of sp³-hybridized carbons (Fsp3) is 0.643. The summed E-state index contributed by atoms with van der Waals surface area (Å²) in [5.41, 5.74) is 3.01. The van der Waals surface area contributed by atoms with Crippen molar-refractivity contribution in [3.63, 3.8) is 0 Å². The van der Waals surface area contributed by atoms with E-state index in [1.54, 1.807) is 6.07 Å². The van der Waals surface area contributed by atoms with Crippen LogP contribution < -0.4 is 11.3 Å². The number of nitrogen functional groups attached to an aromatic ring is 1. The number of nitrogens with zero attached hydrogens (tertiary/aromatic N) is 1. The van der Waals surface area contributed by atoms with Crippen molar-refractivity contribution < 1.29 is 14.3 Å². The zero-order chi connectivity index (χ0) is 15.1. The standard InChI is InChI=1S/C14H25N3O3/c1-4-12(5-2)17(6-7-18)9-11-8-13(14(19)16-15)20-10(11)3/h8,12,18H,4-7,9,15H2,1-3H3,(H,16,19). The van der Waals surface area contributed by atoms with E-state index in [-0.39, 0.29) is 12.4 Å². The van der Waals surface area contributed by atoms with Crippen LogP contribution in [-0.2, 0) is 6.54 Å². The number of furan rings is 1. The summed E-state index contributed by atoms with van der Waals surface area (Å²) >= 11 is 0. The molecule has 0 atom stereocenters. The number of rotatable bonds is 8. The van der Waals surface area contributed by atoms with Crippen LogP contribution in [0.3, 0.4) is 0 Å². The quantitative estimate of drug-likeness (QED) is 0.378. The molecule has 0 bridgehead atoms. The lowest BCUT2D eigenvalue weighted by Gasteiger charge is -2.29. The van der Waals surface area contributed by atoms with Crippen molar-refractivity contribution in [2.24, 2.45) is 5.84 Å². The molecule has 0 aromatic carbocycles. The summed E-state index contributed by atoms with van der Waals surface area (Å²) in [5, 5.41) is 9.21. The Kier molecular flexibility index (Phi) is 6.70. The Morgan fingerprint density at radius 1 is 1.50 bits per heavy atom. The molecule has 20 heavy (non-hydrogen) atoms. The Hall–Kier alpha value is -1.37. The van der Waals surface area contributed by atoms with Crippen molar-refractivity contribution in [2.45, 2.75) is 46.2 Å². The Balaban J connectivity index is 2.87. The van der Waals surface area contributed by atoms with E-state index in [1.165, 1.54) is 0 Å². The third-order valence-electron chi connectivity index (χ3n) is 3.60. The van der Waals surface area contributed by atoms with E-state index >= 15 is 0 Å². The summed E-state index contributed by atoms with van der Waals surface area (Å²) in [7, 11) is 0. The molecule has 0 radical (unpaired) electrons. The molecular weight excluding hydrogens is 258 g/mol. The highest BCUT2D eigenvalue weighted by Gasteiger charge is 2.19. The third-order valence-corrected chi connectivity index (χ3v) is 3.60. The van der Waals surface area contributed by atoms with Crippen LogP contribution in [0.25, 0.3) is 0 Å². The van der Waals surface area contributed by atoms with E-state index in [4.69, 9.17) is 10.3 Å². The Labute approximate surface area is 119 Å². The zero-order valence-electron chi connectivity index (χ0n) is 12.5. The van der Waals surface area contributed by atoms with Gasteiger partial charge in [-0.2, -0.15) is 0 Å². The number of aliphatic hydroxyl groups excluding tert-OH is 1. The molecule has 1 amide bonds. The number of carbonyl (C=O) groups excluding carboxylic acids is 1. The van der Waals surface area contributed by atoms with Crippen molar-refractivity contribution in [1.82, 2.24) is 10.3 Å². The lowest BCUT2D eigenvalue weighted by atomic mass is 10.1. The van der Waals surface area contributed by atoms with Crippen molar-refractivity contribution in [3.8, 4) is 0 Å². The molecule has 1 rings (SSSR count). The normalized spacial score (nSPS) is 11.3. The molecule has 0 unspecified atom stereocenters. The van der Waals surface area contributed by atoms with Gasteiger partial charge in [-0.3, -0.25) is 15.1 Å². The van der Waals surface area contributed by atoms with Gasteiger partial charge in [-0.1, -0.05) is 13.8 Å². The van der Waals surface area contributed by atoms with Gasteiger partial charge in [-0.05, 0) is 25.8 Å². The maximum atomic E-state index is 11.5. The smallest absolute Gasteiger partial charge is 0.300 e. The number of hydrogen-bond acceptors (Lipinski definition) is 5. The fourth-order valence-corrected chi connectivity index (χ4v) is 2.40. The summed E-state index contributed by atoms with van der Waals surface area (Å²) in [6.45, 7) is 7.47. The summed E-state index contributed by atoms with van der Waals surface area (Å²) in [6, 6.07) is 2.12. The lowest BCUT2D eigenvalue weighted by Crippen LogP contribution is -2.36. The predicted octanol–water partition coefficient (Wildman–Crippen LogP) is 1.17. The van der Waals surface area contributed by atoms with E-state index in [0.717, 1.165) is 18.4 Å². The predicted molar refractivity (Wildman–Crippen MR) is 77.0 cm³/mol. The Bertz CT molecular complexity index is 427. The van der Waals surface area contributed by atoms with Gasteiger partial charge < -0.3 is 9.52 Å². The molecule has 1 heterocycles. The van der Waals surface area contributed by atoms with Gasteiger partial charge in [-0.15, -0.1) is 0 Å². The van der Waals surface area contributed by atoms with Gasteiger partial charge in [0, 0.05) is 24.7 Å². The average Bonchev–Trinajstić information content (AvgIpc) is 2.81. The largest absolute Gasteiger partial charge is 0.456 e. The molecule has 114 valence electrons. The molecule has 1 aromatic rings. The van der Waals surface area contributed by atoms with Gasteiger partial charge >= 0.3 is 5.91 Å². The maximum Gasteiger partial charge on any atom is 0.300 e. The average molecular weight is 283 g/mol. The first kappa shape index (κ1) is 16.7. The summed E-state index contributed by atoms with van der Waals surface area (Å²) in [4.78, 5) is 13.7. The van der Waals surface area contributed by atoms with Crippen LogP contribution in [0.5, 0.6) is 0 Å². The number of hydrazine groups is 1. The maximum absolute atomic E-state index is 11.5. The van der Waals surface area contributed by atoms with Gasteiger partial charge in [0.25, 0.3) is 0 Å². The lowest BCUT2D eigenvalue weighted by molar-refractivity contribution is 0.0924. The zero-order valence-corrected chi connectivity index (χ0v) is 12.5. The van der Waals surface area contributed by atoms with Gasteiger partial charge in [-0.25, -0.2) is 5.84 Å². The van der Waals surface area contributed by atoms with Crippen molar-refractivity contribution in [1.29, 1.82) is 0 Å². The number of amides is 1. The number of nitrogens with one attached hydrogen (secondary N) is 1. The van der Waals surface area contributed by atoms with Gasteiger partial charge in [0.2, 0.25) is 0 Å². The monoisotopic (exact) mass is 283 g/mol. The van der Waals surface area contributed by atoms with Crippen molar-refractivity contribution >= 4 is 5.91 Å². The first-order chi connectivity index (χ1) is 9.57. The van der Waals surface area contributed by atoms with Crippen LogP contribution in [0, 0.1) is 6.92 Å². The van der Waals surface area contributed by atoms with Crippen LogP contribution >= 0.6 is 0 Å². The second-order valence-corrected chi connectivity index (χ2v) is 4.83. The van der Waals surface area contributed by atoms with Crippen LogP contribution in [0.4, 0.5) is 0 Å². The molecule has 0 saturated heterocycles. The molecule has 0 saturated carbocycles. The molecule has 0 aliphatic carbocycles. The van der Waals surface area contributed by atoms with Crippen LogP contribution in [0.2, 0.25) is 0 Å². The van der Waals surface area contributed by atoms with Crippen LogP contribution in [0.15, 0.2) is 10.5 Å². The molecular formula is C14H25N3O3. The van der Waals surface area contributed by atoms with E-state index in [9.17, 15) is 9.90 Å². The van der Waals surface area contributed by atoms with E-state index in [1.807, 2.05) is 6.92 Å². The van der Waals surface area contributed by atoms with Gasteiger partial charge in [0.15, 0.2) is 5.76 Å². The highest BCUT2D eigenvalue weighted by molar-refractivity contribution is 5.91. The minimum Gasteiger partial charge on any atom is -0.456 e. The van der Waals surface area contributed by atoms with E-state index < -0.39 is 5.91 Å². The third kappa shape index (κ3) is 4.06. The molecule has 4 N–H and O–H groups in total. The summed E-state index contributed by atoms with van der Waals surface area (Å²) in [5.74, 6) is 5.59. The van der Waals surface area contributed by atoms with E-state index in [0.29, 0.717) is 24.9 Å². The molecule has 0 fully saturated rings. The van der Waals surface area contributed by atoms with Crippen molar-refractivity contribution in [3.05, 3.63) is 23.2 Å². The number of aliphatic hydroxyl groups is 1. The van der Waals surface area contributed by atoms with Crippen molar-refractivity contribution in [2.75, 3.05) is 13.2 Å². The fourth-order valence-electron chi connectivity index (χ4n) is 2.40. The second kappa shape index (κ2) is 8.04. The highest BCUT2D eigenvalue weighted by Crippen LogP contribution is 2.19. The minimum absolute atomic E-state index is 0.115. The molecule has 1 aromatic heterocycles. The Morgan fingerprint density at radius 3 is 2.65 bits per heavy atom. The second-order valence-electron chi connectivity index (χ2n) is 4.83. The van der Waals surface area contributed by atoms with Gasteiger partial charge in [0.1, 0.15) is 5.76 Å². The summed E-state index contributed by atoms with van der Waals surface area (Å²) in [6.07, 6.45) is 2.03. The number of hydrogen-bond donors (Lipinski definition) is 3. The van der Waals surface area contributed by atoms with Crippen LogP contribution in [0.1, 0.15) is 48.6 Å². The molecule has 6 nitrogen and oxygen atoms in total.